The van der Waals surface area contributed by atoms with Crippen molar-refractivity contribution in [1.82, 2.24) is 4.90 Å². The fourth-order valence-electron chi connectivity index (χ4n) is 3.36. The summed E-state index contributed by atoms with van der Waals surface area (Å²) >= 11 is 0. The molecular weight excluding hydrogens is 364 g/mol. The lowest BCUT2D eigenvalue weighted by molar-refractivity contribution is -0.0498. The van der Waals surface area contributed by atoms with Crippen LogP contribution >= 0.6 is 0 Å². The van der Waals surface area contributed by atoms with Crippen LogP contribution in [0.1, 0.15) is 23.2 Å². The zero-order valence-corrected chi connectivity index (χ0v) is 16.1. The van der Waals surface area contributed by atoms with E-state index in [0.29, 0.717) is 17.3 Å². The van der Waals surface area contributed by atoms with Crippen LogP contribution in [0, 0.1) is 0 Å². The zero-order chi connectivity index (χ0) is 20.1. The largest absolute Gasteiger partial charge is 0.435 e. The molecule has 1 aliphatic rings. The quantitative estimate of drug-likeness (QED) is 0.809. The molecule has 1 fully saturated rings. The lowest BCUT2D eigenvalue weighted by atomic mass is 10.0. The van der Waals surface area contributed by atoms with Gasteiger partial charge in [-0.05, 0) is 81.5 Å². The molecule has 1 heterocycles. The SMILES string of the molecule is CN1CCC(N(C)c2ccc(NC(=O)c3ccc(OC(F)F)cc3)cc2)CC1. The van der Waals surface area contributed by atoms with Crippen molar-refractivity contribution in [3.8, 4) is 5.75 Å². The van der Waals surface area contributed by atoms with E-state index in [9.17, 15) is 13.6 Å². The van der Waals surface area contributed by atoms with Gasteiger partial charge in [0.2, 0.25) is 0 Å². The first-order valence-electron chi connectivity index (χ1n) is 9.30. The first-order chi connectivity index (χ1) is 13.4. The molecule has 1 amide bonds. The molecular formula is C21H25F2N3O2. The number of alkyl halides is 2. The van der Waals surface area contributed by atoms with Crippen LogP contribution in [-0.2, 0) is 0 Å². The Morgan fingerprint density at radius 1 is 1.11 bits per heavy atom. The summed E-state index contributed by atoms with van der Waals surface area (Å²) in [4.78, 5) is 17.0. The van der Waals surface area contributed by atoms with Crippen LogP contribution in [0.4, 0.5) is 20.2 Å². The molecule has 0 aromatic heterocycles. The molecule has 1 N–H and O–H groups in total. The number of hydrogen-bond donors (Lipinski definition) is 1. The molecule has 0 spiro atoms. The third kappa shape index (κ3) is 5.19. The molecule has 0 aliphatic carbocycles. The minimum atomic E-state index is -2.88. The van der Waals surface area contributed by atoms with Crippen molar-refractivity contribution in [3.63, 3.8) is 0 Å². The Balaban J connectivity index is 1.58. The lowest BCUT2D eigenvalue weighted by Crippen LogP contribution is -2.41. The van der Waals surface area contributed by atoms with Gasteiger partial charge in [0, 0.05) is 30.0 Å². The molecule has 0 atom stereocenters. The minimum Gasteiger partial charge on any atom is -0.435 e. The maximum atomic E-state index is 12.3. The van der Waals surface area contributed by atoms with Gasteiger partial charge < -0.3 is 19.9 Å². The Morgan fingerprint density at radius 2 is 1.71 bits per heavy atom. The van der Waals surface area contributed by atoms with E-state index in [1.165, 1.54) is 24.3 Å². The van der Waals surface area contributed by atoms with E-state index in [1.807, 2.05) is 24.3 Å². The van der Waals surface area contributed by atoms with Crippen molar-refractivity contribution >= 4 is 17.3 Å². The van der Waals surface area contributed by atoms with Crippen LogP contribution in [0.3, 0.4) is 0 Å². The minimum absolute atomic E-state index is 0.0212. The van der Waals surface area contributed by atoms with Crippen molar-refractivity contribution in [2.45, 2.75) is 25.5 Å². The fraction of sp³-hybridized carbons (Fsp3) is 0.381. The van der Waals surface area contributed by atoms with Gasteiger partial charge in [-0.15, -0.1) is 0 Å². The highest BCUT2D eigenvalue weighted by molar-refractivity contribution is 6.04. The number of anilines is 2. The molecule has 28 heavy (non-hydrogen) atoms. The molecule has 0 radical (unpaired) electrons. The van der Waals surface area contributed by atoms with Crippen LogP contribution in [0.2, 0.25) is 0 Å². The summed E-state index contributed by atoms with van der Waals surface area (Å²) in [5.74, 6) is -0.284. The van der Waals surface area contributed by atoms with E-state index in [1.54, 1.807) is 0 Å². The number of halogens is 2. The number of likely N-dealkylation sites (tertiary alicyclic amines) is 1. The van der Waals surface area contributed by atoms with Crippen molar-refractivity contribution in [2.24, 2.45) is 0 Å². The highest BCUT2D eigenvalue weighted by atomic mass is 19.3. The predicted molar refractivity (Wildman–Crippen MR) is 106 cm³/mol. The lowest BCUT2D eigenvalue weighted by Gasteiger charge is -2.36. The summed E-state index contributed by atoms with van der Waals surface area (Å²) < 4.78 is 28.7. The average molecular weight is 389 g/mol. The number of nitrogens with zero attached hydrogens (tertiary/aromatic N) is 2. The Hall–Kier alpha value is -2.67. The van der Waals surface area contributed by atoms with Crippen molar-refractivity contribution in [3.05, 3.63) is 54.1 Å². The average Bonchev–Trinajstić information content (AvgIpc) is 2.69. The van der Waals surface area contributed by atoms with Crippen molar-refractivity contribution in [2.75, 3.05) is 37.4 Å². The standard InChI is InChI=1S/C21H25F2N3O2/c1-25-13-11-18(12-14-25)26(2)17-7-5-16(6-8-17)24-20(27)15-3-9-19(10-4-15)28-21(22)23/h3-10,18,21H,11-14H2,1-2H3,(H,24,27). The molecule has 150 valence electrons. The Morgan fingerprint density at radius 3 is 2.29 bits per heavy atom. The summed E-state index contributed by atoms with van der Waals surface area (Å²) in [6.07, 6.45) is 2.27. The second kappa shape index (κ2) is 9.01. The fourth-order valence-corrected chi connectivity index (χ4v) is 3.36. The Bertz CT molecular complexity index is 773. The van der Waals surface area contributed by atoms with E-state index in [4.69, 9.17) is 0 Å². The summed E-state index contributed by atoms with van der Waals surface area (Å²) in [7, 11) is 4.25. The first kappa shape index (κ1) is 20.1. The Labute approximate surface area is 163 Å². The summed E-state index contributed by atoms with van der Waals surface area (Å²) in [5, 5.41) is 2.82. The maximum Gasteiger partial charge on any atom is 0.387 e. The van der Waals surface area contributed by atoms with Gasteiger partial charge in [0.1, 0.15) is 5.75 Å². The number of benzene rings is 2. The summed E-state index contributed by atoms with van der Waals surface area (Å²) in [6, 6.07) is 13.8. The van der Waals surface area contributed by atoms with E-state index in [0.717, 1.165) is 31.6 Å². The molecule has 3 rings (SSSR count). The molecule has 0 unspecified atom stereocenters. The van der Waals surface area contributed by atoms with Crippen molar-refractivity contribution < 1.29 is 18.3 Å². The molecule has 1 saturated heterocycles. The van der Waals surface area contributed by atoms with Crippen LogP contribution in [0.15, 0.2) is 48.5 Å². The van der Waals surface area contributed by atoms with Gasteiger partial charge in [0.15, 0.2) is 0 Å². The second-order valence-corrected chi connectivity index (χ2v) is 7.05. The van der Waals surface area contributed by atoms with E-state index in [2.05, 4.69) is 33.9 Å². The van der Waals surface area contributed by atoms with Gasteiger partial charge in [-0.3, -0.25) is 4.79 Å². The van der Waals surface area contributed by atoms with Gasteiger partial charge in [-0.1, -0.05) is 0 Å². The number of rotatable bonds is 6. The van der Waals surface area contributed by atoms with Gasteiger partial charge >= 0.3 is 6.61 Å². The van der Waals surface area contributed by atoms with E-state index < -0.39 is 6.61 Å². The predicted octanol–water partition coefficient (Wildman–Crippen LogP) is 4.07. The molecule has 7 heteroatoms. The molecule has 2 aromatic rings. The van der Waals surface area contributed by atoms with Crippen LogP contribution in [0.25, 0.3) is 0 Å². The molecule has 2 aromatic carbocycles. The molecule has 5 nitrogen and oxygen atoms in total. The van der Waals surface area contributed by atoms with Gasteiger partial charge in [0.25, 0.3) is 5.91 Å². The number of ether oxygens (including phenoxy) is 1. The number of carbonyl (C=O) groups excluding carboxylic acids is 1. The van der Waals surface area contributed by atoms with Crippen LogP contribution < -0.4 is 15.0 Å². The third-order valence-electron chi connectivity index (χ3n) is 5.11. The smallest absolute Gasteiger partial charge is 0.387 e. The number of nitrogens with one attached hydrogen (secondary N) is 1. The summed E-state index contributed by atoms with van der Waals surface area (Å²) in [6.45, 7) is -0.681. The van der Waals surface area contributed by atoms with Gasteiger partial charge in [-0.2, -0.15) is 8.78 Å². The third-order valence-corrected chi connectivity index (χ3v) is 5.11. The van der Waals surface area contributed by atoms with Crippen LogP contribution in [0.5, 0.6) is 5.75 Å². The van der Waals surface area contributed by atoms with Gasteiger partial charge in [-0.25, -0.2) is 0 Å². The molecule has 1 aliphatic heterocycles. The van der Waals surface area contributed by atoms with Gasteiger partial charge in [0.05, 0.1) is 0 Å². The van der Waals surface area contributed by atoms with Crippen molar-refractivity contribution in [1.29, 1.82) is 0 Å². The van der Waals surface area contributed by atoms with E-state index in [-0.39, 0.29) is 11.7 Å². The first-order valence-corrected chi connectivity index (χ1v) is 9.30. The highest BCUT2D eigenvalue weighted by Gasteiger charge is 2.20. The second-order valence-electron chi connectivity index (χ2n) is 7.05. The molecule has 0 saturated carbocycles. The normalized spacial score (nSPS) is 15.5. The van der Waals surface area contributed by atoms with Crippen LogP contribution in [-0.4, -0.2) is 50.6 Å². The zero-order valence-electron chi connectivity index (χ0n) is 16.1. The highest BCUT2D eigenvalue weighted by Crippen LogP contribution is 2.24. The number of carbonyl (C=O) groups is 1. The monoisotopic (exact) mass is 389 g/mol. The number of piperidine rings is 1. The Kier molecular flexibility index (Phi) is 6.46. The maximum absolute atomic E-state index is 12.3. The number of hydrogen-bond acceptors (Lipinski definition) is 4. The molecule has 0 bridgehead atoms. The van der Waals surface area contributed by atoms with E-state index >= 15 is 0 Å². The summed E-state index contributed by atoms with van der Waals surface area (Å²) in [5.41, 5.74) is 2.16. The topological polar surface area (TPSA) is 44.8 Å². The number of amides is 1.